The highest BCUT2D eigenvalue weighted by Gasteiger charge is 2.37. The van der Waals surface area contributed by atoms with Crippen LogP contribution in [-0.2, 0) is 21.1 Å². The van der Waals surface area contributed by atoms with E-state index in [2.05, 4.69) is 32.0 Å². The molecule has 1 aromatic rings. The molecule has 7 nitrogen and oxygen atoms in total. The maximum atomic E-state index is 14.6. The lowest BCUT2D eigenvalue weighted by Crippen LogP contribution is -2.52. The van der Waals surface area contributed by atoms with Gasteiger partial charge in [-0.3, -0.25) is 9.69 Å². The summed E-state index contributed by atoms with van der Waals surface area (Å²) >= 11 is 0. The predicted molar refractivity (Wildman–Crippen MR) is 134 cm³/mol. The van der Waals surface area contributed by atoms with Crippen LogP contribution < -0.4 is 10.2 Å². The Morgan fingerprint density at radius 2 is 1.86 bits per heavy atom. The van der Waals surface area contributed by atoms with Crippen molar-refractivity contribution in [2.24, 2.45) is 5.92 Å². The minimum absolute atomic E-state index is 0.0622. The number of anilines is 1. The molecule has 1 atom stereocenters. The Bertz CT molecular complexity index is 853. The van der Waals surface area contributed by atoms with Gasteiger partial charge < -0.3 is 15.0 Å². The van der Waals surface area contributed by atoms with Gasteiger partial charge in [0, 0.05) is 50.1 Å². The van der Waals surface area contributed by atoms with Crippen LogP contribution in [0.1, 0.15) is 85.2 Å². The lowest BCUT2D eigenvalue weighted by Gasteiger charge is -2.41. The third kappa shape index (κ3) is 7.56. The van der Waals surface area contributed by atoms with Gasteiger partial charge in [-0.15, -0.1) is 0 Å². The highest BCUT2D eigenvalue weighted by Crippen LogP contribution is 2.33. The highest BCUT2D eigenvalue weighted by molar-refractivity contribution is 5.73. The topological polar surface area (TPSA) is 70.6 Å². The number of piperazine rings is 1. The molecule has 3 rings (SSSR count). The molecule has 35 heavy (non-hydrogen) atoms. The van der Waals surface area contributed by atoms with Gasteiger partial charge in [0.15, 0.2) is 0 Å². The number of ether oxygens (including phenoxy) is 1. The Labute approximate surface area is 209 Å². The van der Waals surface area contributed by atoms with E-state index in [-0.39, 0.29) is 18.2 Å². The number of aromatic nitrogens is 2. The van der Waals surface area contributed by atoms with Crippen molar-refractivity contribution in [3.8, 4) is 0 Å². The molecule has 1 unspecified atom stereocenters. The van der Waals surface area contributed by atoms with Crippen molar-refractivity contribution in [1.82, 2.24) is 20.2 Å². The molecule has 1 saturated heterocycles. The Kier molecular flexibility index (Phi) is 9.07. The summed E-state index contributed by atoms with van der Waals surface area (Å²) in [4.78, 5) is 24.7. The highest BCUT2D eigenvalue weighted by atomic mass is 19.3. The lowest BCUT2D eigenvalue weighted by molar-refractivity contribution is -0.248. The largest absolute Gasteiger partial charge is 0.400 e. The summed E-state index contributed by atoms with van der Waals surface area (Å²) < 4.78 is 33.9. The first-order chi connectivity index (χ1) is 16.4. The van der Waals surface area contributed by atoms with Crippen LogP contribution >= 0.6 is 0 Å². The van der Waals surface area contributed by atoms with Gasteiger partial charge in [-0.05, 0) is 58.4 Å². The van der Waals surface area contributed by atoms with Crippen LogP contribution in [0, 0.1) is 5.92 Å². The Morgan fingerprint density at radius 1 is 1.17 bits per heavy atom. The zero-order chi connectivity index (χ0) is 25.8. The van der Waals surface area contributed by atoms with E-state index in [0.29, 0.717) is 29.6 Å². The molecule has 2 aliphatic rings. The second kappa shape index (κ2) is 11.5. The number of nitrogens with zero attached hydrogens (tertiary/aromatic N) is 4. The van der Waals surface area contributed by atoms with E-state index < -0.39 is 11.5 Å². The fraction of sp³-hybridized carbons (Fsp3) is 0.808. The van der Waals surface area contributed by atoms with E-state index >= 15 is 0 Å². The Morgan fingerprint density at radius 3 is 2.43 bits per heavy atom. The first-order valence-electron chi connectivity index (χ1n) is 13.1. The molecule has 198 valence electrons. The average Bonchev–Trinajstić information content (AvgIpc) is 2.78. The number of rotatable bonds is 8. The molecule has 1 saturated carbocycles. The first kappa shape index (κ1) is 27.7. The summed E-state index contributed by atoms with van der Waals surface area (Å²) in [5, 5.41) is 3.05. The van der Waals surface area contributed by atoms with Crippen molar-refractivity contribution in [3.05, 3.63) is 17.6 Å². The Hall–Kier alpha value is -1.87. The second-order valence-electron chi connectivity index (χ2n) is 11.2. The number of amides is 1. The molecular weight excluding hydrogens is 452 g/mol. The van der Waals surface area contributed by atoms with Gasteiger partial charge in [0.25, 0.3) is 0 Å². The predicted octanol–water partition coefficient (Wildman–Crippen LogP) is 4.46. The van der Waals surface area contributed by atoms with Crippen LogP contribution in [0.15, 0.2) is 6.07 Å². The number of carbonyl (C=O) groups excluding carboxylic acids is 1. The molecule has 9 heteroatoms. The molecule has 1 N–H and O–H groups in total. The van der Waals surface area contributed by atoms with Crippen LogP contribution in [0.3, 0.4) is 0 Å². The second-order valence-corrected chi connectivity index (χ2v) is 11.2. The van der Waals surface area contributed by atoms with Crippen molar-refractivity contribution in [1.29, 1.82) is 0 Å². The minimum atomic E-state index is -3.45. The van der Waals surface area contributed by atoms with Crippen molar-refractivity contribution in [2.75, 3.05) is 37.7 Å². The normalized spacial score (nSPS) is 24.5. The van der Waals surface area contributed by atoms with E-state index in [9.17, 15) is 13.6 Å². The van der Waals surface area contributed by atoms with E-state index in [4.69, 9.17) is 4.74 Å². The molecule has 1 aliphatic heterocycles. The minimum Gasteiger partial charge on any atom is -0.354 e. The standard InChI is InChI=1S/C26H43F2N5O2/c1-7-35-26(27,28)22-16-23(31-24(30-22)25(4,5)6)33-15-14-32(18(2)17-33)13-12-20-8-10-21(11-9-20)29-19(3)34/h16,18,20-21H,7-15,17H2,1-6H3,(H,29,34). The SMILES string of the molecule is CCOC(F)(F)c1cc(N2CCN(CCC3CCC(NC(C)=O)CC3)C(C)C2)nc(C(C)(C)C)n1. The number of hydrogen-bond donors (Lipinski definition) is 1. The molecule has 0 spiro atoms. The third-order valence-electron chi connectivity index (χ3n) is 7.18. The van der Waals surface area contributed by atoms with Crippen molar-refractivity contribution >= 4 is 11.7 Å². The smallest absolute Gasteiger partial charge is 0.354 e. The molecular formula is C26H43F2N5O2. The summed E-state index contributed by atoms with van der Waals surface area (Å²) in [5.41, 5.74) is -0.835. The number of carbonyl (C=O) groups is 1. The molecule has 0 aromatic carbocycles. The summed E-state index contributed by atoms with van der Waals surface area (Å²) in [7, 11) is 0. The number of alkyl halides is 2. The molecule has 1 amide bonds. The van der Waals surface area contributed by atoms with E-state index in [0.717, 1.165) is 58.3 Å². The van der Waals surface area contributed by atoms with Crippen LogP contribution in [-0.4, -0.2) is 65.6 Å². The van der Waals surface area contributed by atoms with E-state index in [1.807, 2.05) is 20.8 Å². The van der Waals surface area contributed by atoms with Crippen LogP contribution in [0.2, 0.25) is 0 Å². The van der Waals surface area contributed by atoms with Crippen LogP contribution in [0.5, 0.6) is 0 Å². The van der Waals surface area contributed by atoms with Crippen LogP contribution in [0.4, 0.5) is 14.6 Å². The summed E-state index contributed by atoms with van der Waals surface area (Å²) in [6.07, 6.45) is 2.15. The maximum Gasteiger partial charge on any atom is 0.400 e. The van der Waals surface area contributed by atoms with Gasteiger partial charge in [-0.25, -0.2) is 9.97 Å². The van der Waals surface area contributed by atoms with Gasteiger partial charge in [0.2, 0.25) is 5.91 Å². The summed E-state index contributed by atoms with van der Waals surface area (Å²) in [6, 6.07) is 2.02. The van der Waals surface area contributed by atoms with Crippen LogP contribution in [0.25, 0.3) is 0 Å². The fourth-order valence-electron chi connectivity index (χ4n) is 5.10. The van der Waals surface area contributed by atoms with Gasteiger partial charge >= 0.3 is 6.11 Å². The number of hydrogen-bond acceptors (Lipinski definition) is 6. The first-order valence-corrected chi connectivity index (χ1v) is 13.1. The molecule has 2 heterocycles. The van der Waals surface area contributed by atoms with Gasteiger partial charge in [-0.2, -0.15) is 8.78 Å². The van der Waals surface area contributed by atoms with Gasteiger partial charge in [0.05, 0.1) is 6.61 Å². The molecule has 2 fully saturated rings. The number of halogens is 2. The fourth-order valence-corrected chi connectivity index (χ4v) is 5.10. The lowest BCUT2D eigenvalue weighted by atomic mass is 9.84. The van der Waals surface area contributed by atoms with Crippen molar-refractivity contribution in [2.45, 2.75) is 97.3 Å². The molecule has 0 radical (unpaired) electrons. The molecule has 1 aliphatic carbocycles. The quantitative estimate of drug-likeness (QED) is 0.574. The summed E-state index contributed by atoms with van der Waals surface area (Å²) in [5.74, 6) is 1.70. The average molecular weight is 496 g/mol. The van der Waals surface area contributed by atoms with Crippen molar-refractivity contribution < 1.29 is 18.3 Å². The van der Waals surface area contributed by atoms with Crippen molar-refractivity contribution in [3.63, 3.8) is 0 Å². The zero-order valence-electron chi connectivity index (χ0n) is 22.2. The van der Waals surface area contributed by atoms with E-state index in [1.165, 1.54) is 6.07 Å². The van der Waals surface area contributed by atoms with Gasteiger partial charge in [-0.1, -0.05) is 20.8 Å². The Balaban J connectivity index is 1.61. The molecule has 1 aromatic heterocycles. The summed E-state index contributed by atoms with van der Waals surface area (Å²) in [6.45, 7) is 14.4. The monoisotopic (exact) mass is 495 g/mol. The van der Waals surface area contributed by atoms with Gasteiger partial charge in [0.1, 0.15) is 17.3 Å². The third-order valence-corrected chi connectivity index (χ3v) is 7.18. The van der Waals surface area contributed by atoms with E-state index in [1.54, 1.807) is 13.8 Å². The zero-order valence-corrected chi connectivity index (χ0v) is 22.2. The number of nitrogens with one attached hydrogen (secondary N) is 1. The maximum absolute atomic E-state index is 14.6. The molecule has 0 bridgehead atoms.